The van der Waals surface area contributed by atoms with E-state index in [1.165, 1.54) is 0 Å². The molecule has 2 N–H and O–H groups in total. The lowest BCUT2D eigenvalue weighted by Gasteiger charge is -2.11. The topological polar surface area (TPSA) is 51.8 Å². The van der Waals surface area contributed by atoms with Crippen LogP contribution in [-0.2, 0) is 6.42 Å². The third-order valence-corrected chi connectivity index (χ3v) is 2.66. The van der Waals surface area contributed by atoms with Gasteiger partial charge in [-0.25, -0.2) is 9.97 Å². The minimum Gasteiger partial charge on any atom is -0.324 e. The summed E-state index contributed by atoms with van der Waals surface area (Å²) in [5, 5.41) is 0. The molecule has 88 valence electrons. The summed E-state index contributed by atoms with van der Waals surface area (Å²) in [5.41, 5.74) is 9.25. The van der Waals surface area contributed by atoms with Gasteiger partial charge in [0, 0.05) is 23.9 Å². The lowest BCUT2D eigenvalue weighted by molar-refractivity contribution is 0.681. The van der Waals surface area contributed by atoms with Gasteiger partial charge in [0.1, 0.15) is 5.82 Å². The maximum Gasteiger partial charge on any atom is 0.130 e. The van der Waals surface area contributed by atoms with E-state index in [1.807, 2.05) is 50.2 Å². The predicted octanol–water partition coefficient (Wildman–Crippen LogP) is 2.34. The van der Waals surface area contributed by atoms with Gasteiger partial charge in [-0.2, -0.15) is 0 Å². The maximum atomic E-state index is 6.15. The Bertz CT molecular complexity index is 474. The molecular weight excluding hydrogens is 210 g/mol. The molecule has 0 radical (unpaired) electrons. The molecule has 1 atom stereocenters. The summed E-state index contributed by atoms with van der Waals surface area (Å²) in [6.07, 6.45) is 0.673. The van der Waals surface area contributed by atoms with Gasteiger partial charge >= 0.3 is 0 Å². The van der Waals surface area contributed by atoms with Crippen molar-refractivity contribution in [1.82, 2.24) is 9.97 Å². The van der Waals surface area contributed by atoms with Gasteiger partial charge in [0.25, 0.3) is 0 Å². The van der Waals surface area contributed by atoms with Crippen molar-refractivity contribution in [2.45, 2.75) is 26.3 Å². The molecule has 17 heavy (non-hydrogen) atoms. The second kappa shape index (κ2) is 5.06. The van der Waals surface area contributed by atoms with Gasteiger partial charge in [-0.3, -0.25) is 0 Å². The summed E-state index contributed by atoms with van der Waals surface area (Å²) >= 11 is 0. The van der Waals surface area contributed by atoms with Crippen LogP contribution < -0.4 is 5.73 Å². The number of nitrogens with two attached hydrogens (primary N) is 1. The second-order valence-corrected chi connectivity index (χ2v) is 4.29. The van der Waals surface area contributed by atoms with Crippen LogP contribution >= 0.6 is 0 Å². The van der Waals surface area contributed by atoms with E-state index in [0.29, 0.717) is 6.42 Å². The molecule has 0 aliphatic rings. The van der Waals surface area contributed by atoms with Crippen LogP contribution in [0.15, 0.2) is 36.4 Å². The smallest absolute Gasteiger partial charge is 0.130 e. The molecule has 1 heterocycles. The Kier molecular flexibility index (Phi) is 3.49. The molecule has 2 rings (SSSR count). The molecule has 0 aliphatic heterocycles. The van der Waals surface area contributed by atoms with Gasteiger partial charge in [0.2, 0.25) is 0 Å². The zero-order chi connectivity index (χ0) is 12.3. The third-order valence-electron chi connectivity index (χ3n) is 2.66. The molecule has 0 saturated carbocycles. The number of aromatic nitrogens is 2. The van der Waals surface area contributed by atoms with Crippen LogP contribution in [0.25, 0.3) is 0 Å². The van der Waals surface area contributed by atoms with Crippen molar-refractivity contribution in [2.75, 3.05) is 0 Å². The summed E-state index contributed by atoms with van der Waals surface area (Å²) in [5.74, 6) is 0.818. The summed E-state index contributed by atoms with van der Waals surface area (Å²) in [6.45, 7) is 3.96. The van der Waals surface area contributed by atoms with Crippen molar-refractivity contribution in [3.05, 3.63) is 59.2 Å². The Morgan fingerprint density at radius 2 is 1.65 bits per heavy atom. The van der Waals surface area contributed by atoms with Gasteiger partial charge in [-0.1, -0.05) is 30.3 Å². The van der Waals surface area contributed by atoms with Gasteiger partial charge in [0.05, 0.1) is 0 Å². The first kappa shape index (κ1) is 11.7. The van der Waals surface area contributed by atoms with Gasteiger partial charge in [0.15, 0.2) is 0 Å². The molecule has 3 nitrogen and oxygen atoms in total. The molecule has 1 unspecified atom stereocenters. The Hall–Kier alpha value is -1.74. The largest absolute Gasteiger partial charge is 0.324 e. The van der Waals surface area contributed by atoms with E-state index in [9.17, 15) is 0 Å². The molecular formula is C14H17N3. The molecule has 1 aromatic carbocycles. The lowest BCUT2D eigenvalue weighted by atomic mass is 10.0. The van der Waals surface area contributed by atoms with E-state index in [1.54, 1.807) is 0 Å². The van der Waals surface area contributed by atoms with E-state index >= 15 is 0 Å². The average molecular weight is 227 g/mol. The highest BCUT2D eigenvalue weighted by Gasteiger charge is 2.09. The van der Waals surface area contributed by atoms with Crippen LogP contribution in [0.5, 0.6) is 0 Å². The van der Waals surface area contributed by atoms with Crippen LogP contribution in [0.4, 0.5) is 0 Å². The second-order valence-electron chi connectivity index (χ2n) is 4.29. The Morgan fingerprint density at radius 3 is 2.24 bits per heavy atom. The van der Waals surface area contributed by atoms with Gasteiger partial charge in [-0.05, 0) is 25.5 Å². The molecule has 0 aliphatic carbocycles. The first-order valence-corrected chi connectivity index (χ1v) is 5.77. The zero-order valence-corrected chi connectivity index (χ0v) is 10.2. The van der Waals surface area contributed by atoms with E-state index in [0.717, 1.165) is 22.8 Å². The fourth-order valence-electron chi connectivity index (χ4n) is 1.91. The first-order chi connectivity index (χ1) is 8.15. The highest BCUT2D eigenvalue weighted by atomic mass is 14.9. The Balaban J connectivity index is 2.16. The van der Waals surface area contributed by atoms with E-state index < -0.39 is 0 Å². The minimum atomic E-state index is -0.0441. The van der Waals surface area contributed by atoms with E-state index in [2.05, 4.69) is 9.97 Å². The van der Waals surface area contributed by atoms with E-state index in [-0.39, 0.29) is 6.04 Å². The number of hydrogen-bond acceptors (Lipinski definition) is 3. The number of rotatable bonds is 3. The summed E-state index contributed by atoms with van der Waals surface area (Å²) < 4.78 is 0. The van der Waals surface area contributed by atoms with Crippen molar-refractivity contribution in [1.29, 1.82) is 0 Å². The maximum absolute atomic E-state index is 6.15. The third kappa shape index (κ3) is 3.11. The van der Waals surface area contributed by atoms with Crippen molar-refractivity contribution < 1.29 is 0 Å². The van der Waals surface area contributed by atoms with Crippen molar-refractivity contribution in [3.63, 3.8) is 0 Å². The fraction of sp³-hybridized carbons (Fsp3) is 0.286. The molecule has 3 heteroatoms. The van der Waals surface area contributed by atoms with E-state index in [4.69, 9.17) is 5.73 Å². The normalized spacial score (nSPS) is 12.4. The fourth-order valence-corrected chi connectivity index (χ4v) is 1.91. The highest BCUT2D eigenvalue weighted by Crippen LogP contribution is 2.14. The van der Waals surface area contributed by atoms with Crippen LogP contribution in [0, 0.1) is 13.8 Å². The average Bonchev–Trinajstić information content (AvgIpc) is 2.28. The summed E-state index contributed by atoms with van der Waals surface area (Å²) in [4.78, 5) is 8.82. The first-order valence-electron chi connectivity index (χ1n) is 5.77. The SMILES string of the molecule is Cc1cc(C)nc(CC(N)c2ccccc2)n1. The molecule has 0 fully saturated rings. The van der Waals surface area contributed by atoms with Gasteiger partial charge < -0.3 is 5.73 Å². The van der Waals surface area contributed by atoms with Crippen LogP contribution in [-0.4, -0.2) is 9.97 Å². The minimum absolute atomic E-state index is 0.0441. The van der Waals surface area contributed by atoms with Crippen molar-refractivity contribution >= 4 is 0 Å². The molecule has 2 aromatic rings. The van der Waals surface area contributed by atoms with Crippen LogP contribution in [0.1, 0.15) is 28.8 Å². The Labute approximate surface area is 102 Å². The Morgan fingerprint density at radius 1 is 1.06 bits per heavy atom. The predicted molar refractivity (Wildman–Crippen MR) is 68.6 cm³/mol. The molecule has 1 aromatic heterocycles. The van der Waals surface area contributed by atoms with Crippen LogP contribution in [0.3, 0.4) is 0 Å². The van der Waals surface area contributed by atoms with Crippen LogP contribution in [0.2, 0.25) is 0 Å². The van der Waals surface area contributed by atoms with Crippen molar-refractivity contribution in [3.8, 4) is 0 Å². The quantitative estimate of drug-likeness (QED) is 0.875. The standard InChI is InChI=1S/C14H17N3/c1-10-8-11(2)17-14(16-10)9-13(15)12-6-4-3-5-7-12/h3-8,13H,9,15H2,1-2H3. The molecule has 0 amide bonds. The molecule has 0 spiro atoms. The number of aryl methyl sites for hydroxylation is 2. The summed E-state index contributed by atoms with van der Waals surface area (Å²) in [7, 11) is 0. The number of benzene rings is 1. The monoisotopic (exact) mass is 227 g/mol. The molecule has 0 saturated heterocycles. The van der Waals surface area contributed by atoms with Crippen molar-refractivity contribution in [2.24, 2.45) is 5.73 Å². The lowest BCUT2D eigenvalue weighted by Crippen LogP contribution is -2.15. The molecule has 0 bridgehead atoms. The zero-order valence-electron chi connectivity index (χ0n) is 10.2. The summed E-state index contributed by atoms with van der Waals surface area (Å²) in [6, 6.07) is 12.0. The number of nitrogens with zero attached hydrogens (tertiary/aromatic N) is 2. The van der Waals surface area contributed by atoms with Gasteiger partial charge in [-0.15, -0.1) is 0 Å². The highest BCUT2D eigenvalue weighted by molar-refractivity contribution is 5.20. The number of hydrogen-bond donors (Lipinski definition) is 1.